The average Bonchev–Trinajstić information content (AvgIpc) is 2.55. The van der Waals surface area contributed by atoms with Crippen molar-refractivity contribution in [2.45, 2.75) is 18.4 Å². The highest BCUT2D eigenvalue weighted by atomic mass is 32.2. The molecule has 5 nitrogen and oxygen atoms in total. The zero-order chi connectivity index (χ0) is 17.9. The number of Topliss-reactive ketones (excluding diaryl/α,β-unsaturated/α-hetero) is 1. The molecule has 0 aromatic heterocycles. The number of halogens is 1. The van der Waals surface area contributed by atoms with Crippen molar-refractivity contribution < 1.29 is 22.3 Å². The maximum absolute atomic E-state index is 13.7. The number of benzene rings is 2. The van der Waals surface area contributed by atoms with Crippen molar-refractivity contribution >= 4 is 15.8 Å². The van der Waals surface area contributed by atoms with Gasteiger partial charge in [0.1, 0.15) is 0 Å². The number of hydrogen-bond acceptors (Lipinski definition) is 4. The number of carbonyl (C=O) groups excluding carboxylic acids is 1. The lowest BCUT2D eigenvalue weighted by Crippen LogP contribution is -2.26. The first-order chi connectivity index (χ1) is 11.3. The second-order valence-electron chi connectivity index (χ2n) is 5.31. The van der Waals surface area contributed by atoms with E-state index in [1.54, 1.807) is 6.07 Å². The predicted octanol–water partition coefficient (Wildman–Crippen LogP) is 2.86. The Bertz CT molecular complexity index is 847. The van der Waals surface area contributed by atoms with Crippen LogP contribution in [0.1, 0.15) is 22.8 Å². The van der Waals surface area contributed by atoms with Gasteiger partial charge in [-0.3, -0.25) is 4.79 Å². The van der Waals surface area contributed by atoms with Crippen LogP contribution in [-0.2, 0) is 16.6 Å². The highest BCUT2D eigenvalue weighted by Crippen LogP contribution is 2.21. The van der Waals surface area contributed by atoms with Crippen molar-refractivity contribution in [3.8, 4) is 5.75 Å². The van der Waals surface area contributed by atoms with Gasteiger partial charge in [0, 0.05) is 19.2 Å². The lowest BCUT2D eigenvalue weighted by Gasteiger charge is -2.18. The van der Waals surface area contributed by atoms with E-state index in [-0.39, 0.29) is 23.0 Å². The van der Waals surface area contributed by atoms with Crippen LogP contribution < -0.4 is 4.74 Å². The van der Waals surface area contributed by atoms with E-state index in [1.165, 1.54) is 57.5 Å². The van der Waals surface area contributed by atoms with Crippen molar-refractivity contribution in [3.05, 3.63) is 59.4 Å². The fourth-order valence-electron chi connectivity index (χ4n) is 2.19. The molecule has 24 heavy (non-hydrogen) atoms. The summed E-state index contributed by atoms with van der Waals surface area (Å²) < 4.78 is 44.8. The second kappa shape index (κ2) is 7.11. The Morgan fingerprint density at radius 3 is 2.29 bits per heavy atom. The van der Waals surface area contributed by atoms with Crippen molar-refractivity contribution in [3.63, 3.8) is 0 Å². The second-order valence-corrected chi connectivity index (χ2v) is 7.36. The van der Waals surface area contributed by atoms with E-state index in [0.717, 1.165) is 4.31 Å². The third kappa shape index (κ3) is 3.80. The molecule has 0 aliphatic carbocycles. The van der Waals surface area contributed by atoms with Crippen LogP contribution in [0.3, 0.4) is 0 Å². The van der Waals surface area contributed by atoms with Gasteiger partial charge in [-0.25, -0.2) is 12.8 Å². The van der Waals surface area contributed by atoms with E-state index < -0.39 is 15.8 Å². The van der Waals surface area contributed by atoms with Crippen LogP contribution >= 0.6 is 0 Å². The van der Waals surface area contributed by atoms with E-state index in [2.05, 4.69) is 0 Å². The third-order valence-electron chi connectivity index (χ3n) is 3.59. The zero-order valence-corrected chi connectivity index (χ0v) is 14.4. The number of methoxy groups -OCH3 is 1. The predicted molar refractivity (Wildman–Crippen MR) is 88.1 cm³/mol. The van der Waals surface area contributed by atoms with Gasteiger partial charge in [-0.15, -0.1) is 0 Å². The highest BCUT2D eigenvalue weighted by Gasteiger charge is 2.21. The smallest absolute Gasteiger partial charge is 0.243 e. The summed E-state index contributed by atoms with van der Waals surface area (Å²) in [4.78, 5) is 11.3. The molecular formula is C17H18FNO4S. The largest absolute Gasteiger partial charge is 0.494 e. The Hall–Kier alpha value is -2.25. The molecule has 128 valence electrons. The molecule has 0 spiro atoms. The number of sulfonamides is 1. The molecule has 0 saturated carbocycles. The third-order valence-corrected chi connectivity index (χ3v) is 5.41. The van der Waals surface area contributed by atoms with E-state index in [4.69, 9.17) is 4.74 Å². The number of ketones is 1. The molecule has 0 aliphatic heterocycles. The summed E-state index contributed by atoms with van der Waals surface area (Å²) in [5, 5.41) is 0. The summed E-state index contributed by atoms with van der Waals surface area (Å²) in [7, 11) is -0.966. The van der Waals surface area contributed by atoms with Crippen LogP contribution in [0.2, 0.25) is 0 Å². The Morgan fingerprint density at radius 2 is 1.79 bits per heavy atom. The first-order valence-electron chi connectivity index (χ1n) is 7.15. The number of rotatable bonds is 6. The van der Waals surface area contributed by atoms with Gasteiger partial charge >= 0.3 is 0 Å². The number of carbonyl (C=O) groups is 1. The number of nitrogens with zero attached hydrogens (tertiary/aromatic N) is 1. The summed E-state index contributed by atoms with van der Waals surface area (Å²) in [6.07, 6.45) is 0. The SMILES string of the molecule is COc1ccc(CN(C)S(=O)(=O)c2ccc(C(C)=O)cc2)cc1F. The average molecular weight is 351 g/mol. The minimum Gasteiger partial charge on any atom is -0.494 e. The lowest BCUT2D eigenvalue weighted by atomic mass is 10.2. The van der Waals surface area contributed by atoms with E-state index in [1.807, 2.05) is 0 Å². The van der Waals surface area contributed by atoms with Gasteiger partial charge in [-0.1, -0.05) is 18.2 Å². The van der Waals surface area contributed by atoms with Crippen LogP contribution in [0, 0.1) is 5.82 Å². The van der Waals surface area contributed by atoms with E-state index in [9.17, 15) is 17.6 Å². The first kappa shape index (κ1) is 18.1. The Kier molecular flexibility index (Phi) is 5.36. The van der Waals surface area contributed by atoms with Gasteiger partial charge in [-0.05, 0) is 36.8 Å². The van der Waals surface area contributed by atoms with Crippen molar-refractivity contribution in [2.75, 3.05) is 14.2 Å². The molecule has 2 aromatic carbocycles. The summed E-state index contributed by atoms with van der Waals surface area (Å²) in [5.74, 6) is -0.586. The zero-order valence-electron chi connectivity index (χ0n) is 13.6. The first-order valence-corrected chi connectivity index (χ1v) is 8.59. The molecular weight excluding hydrogens is 333 g/mol. The maximum atomic E-state index is 13.7. The molecule has 0 fully saturated rings. The number of ether oxygens (including phenoxy) is 1. The van der Waals surface area contributed by atoms with E-state index in [0.29, 0.717) is 11.1 Å². The molecule has 0 bridgehead atoms. The molecule has 2 rings (SSSR count). The summed E-state index contributed by atoms with van der Waals surface area (Å²) >= 11 is 0. The van der Waals surface area contributed by atoms with Gasteiger partial charge < -0.3 is 4.74 Å². The molecule has 7 heteroatoms. The van der Waals surface area contributed by atoms with Crippen LogP contribution in [0.25, 0.3) is 0 Å². The Balaban J connectivity index is 2.22. The van der Waals surface area contributed by atoms with Gasteiger partial charge in [0.25, 0.3) is 0 Å². The molecule has 0 unspecified atom stereocenters. The minimum atomic E-state index is -3.74. The van der Waals surface area contributed by atoms with Crippen LogP contribution in [0.15, 0.2) is 47.4 Å². The topological polar surface area (TPSA) is 63.7 Å². The van der Waals surface area contributed by atoms with E-state index >= 15 is 0 Å². The Morgan fingerprint density at radius 1 is 1.17 bits per heavy atom. The summed E-state index contributed by atoms with van der Waals surface area (Å²) in [5.41, 5.74) is 0.938. The minimum absolute atomic E-state index is 0.0116. The van der Waals surface area contributed by atoms with Crippen LogP contribution in [0.5, 0.6) is 5.75 Å². The highest BCUT2D eigenvalue weighted by molar-refractivity contribution is 7.89. The quantitative estimate of drug-likeness (QED) is 0.751. The fraction of sp³-hybridized carbons (Fsp3) is 0.235. The molecule has 0 amide bonds. The van der Waals surface area contributed by atoms with Crippen molar-refractivity contribution in [2.24, 2.45) is 0 Å². The van der Waals surface area contributed by atoms with Crippen LogP contribution in [0.4, 0.5) is 4.39 Å². The van der Waals surface area contributed by atoms with Crippen LogP contribution in [-0.4, -0.2) is 32.7 Å². The maximum Gasteiger partial charge on any atom is 0.243 e. The van der Waals surface area contributed by atoms with Crippen molar-refractivity contribution in [1.29, 1.82) is 0 Å². The van der Waals surface area contributed by atoms with Gasteiger partial charge in [0.2, 0.25) is 10.0 Å². The Labute approximate surface area is 140 Å². The molecule has 0 radical (unpaired) electrons. The molecule has 2 aromatic rings. The fourth-order valence-corrected chi connectivity index (χ4v) is 3.35. The van der Waals surface area contributed by atoms with Gasteiger partial charge in [0.05, 0.1) is 12.0 Å². The lowest BCUT2D eigenvalue weighted by molar-refractivity contribution is 0.101. The summed E-state index contributed by atoms with van der Waals surface area (Å²) in [6, 6.07) is 10.0. The normalized spacial score (nSPS) is 11.5. The monoisotopic (exact) mass is 351 g/mol. The molecule has 0 N–H and O–H groups in total. The molecule has 0 heterocycles. The van der Waals surface area contributed by atoms with Gasteiger partial charge in [0.15, 0.2) is 17.3 Å². The summed E-state index contributed by atoms with van der Waals surface area (Å²) in [6.45, 7) is 1.42. The molecule has 0 atom stereocenters. The molecule has 0 aliphatic rings. The standard InChI is InChI=1S/C17H18FNO4S/c1-12(20)14-5-7-15(8-6-14)24(21,22)19(2)11-13-4-9-17(23-3)16(18)10-13/h4-10H,11H2,1-3H3. The molecule has 0 saturated heterocycles. The van der Waals surface area contributed by atoms with Gasteiger partial charge in [-0.2, -0.15) is 4.31 Å². The number of hydrogen-bond donors (Lipinski definition) is 0. The van der Waals surface area contributed by atoms with Crippen molar-refractivity contribution in [1.82, 2.24) is 4.31 Å².